The van der Waals surface area contributed by atoms with Gasteiger partial charge in [-0.05, 0) is 49.7 Å². The van der Waals surface area contributed by atoms with Crippen molar-refractivity contribution in [2.75, 3.05) is 13.2 Å². The normalized spacial score (nSPS) is 32.2. The number of rotatable bonds is 5. The lowest BCUT2D eigenvalue weighted by atomic mass is 9.93. The summed E-state index contributed by atoms with van der Waals surface area (Å²) in [6, 6.07) is 9.98. The number of hydrogen-bond donors (Lipinski definition) is 2. The number of carbonyl (C=O) groups is 1. The Morgan fingerprint density at radius 2 is 2.04 bits per heavy atom. The van der Waals surface area contributed by atoms with Crippen LogP contribution in [0.3, 0.4) is 0 Å². The van der Waals surface area contributed by atoms with Crippen LogP contribution in [0.2, 0.25) is 0 Å². The number of nitrogens with zero attached hydrogens (tertiary/aromatic N) is 1. The number of para-hydroxylation sites is 1. The Kier molecular flexibility index (Phi) is 4.23. The number of ether oxygens (including phenoxy) is 1. The van der Waals surface area contributed by atoms with E-state index in [4.69, 9.17) is 4.74 Å². The van der Waals surface area contributed by atoms with Crippen LogP contribution >= 0.6 is 0 Å². The van der Waals surface area contributed by atoms with Gasteiger partial charge in [-0.2, -0.15) is 0 Å². The summed E-state index contributed by atoms with van der Waals surface area (Å²) < 4.78 is 5.71. The Morgan fingerprint density at radius 3 is 2.70 bits per heavy atom. The van der Waals surface area contributed by atoms with Crippen LogP contribution in [0.5, 0.6) is 5.75 Å². The molecule has 4 unspecified atom stereocenters. The van der Waals surface area contributed by atoms with Gasteiger partial charge in [-0.1, -0.05) is 24.6 Å². The van der Waals surface area contributed by atoms with Crippen molar-refractivity contribution in [2.24, 2.45) is 11.8 Å². The molecule has 4 atom stereocenters. The molecular weight excluding hydrogens is 290 g/mol. The minimum Gasteiger partial charge on any atom is -0.484 e. The molecule has 2 saturated carbocycles. The smallest absolute Gasteiger partial charge is 0.262 e. The molecule has 2 bridgehead atoms. The molecule has 2 aliphatic carbocycles. The fourth-order valence-corrected chi connectivity index (χ4v) is 4.56. The number of fused-ring (bicyclic) bond motifs is 2. The molecule has 0 spiro atoms. The summed E-state index contributed by atoms with van der Waals surface area (Å²) in [4.78, 5) is 15.0. The number of hydrogen-bond acceptors (Lipinski definition) is 4. The first kappa shape index (κ1) is 15.0. The predicted octanol–water partition coefficient (Wildman–Crippen LogP) is 1.91. The lowest BCUT2D eigenvalue weighted by Gasteiger charge is -2.38. The Hall–Kier alpha value is -1.59. The molecule has 124 valence electrons. The summed E-state index contributed by atoms with van der Waals surface area (Å²) in [5, 5.41) is 0. The second-order valence-electron chi connectivity index (χ2n) is 7.02. The molecule has 3 aliphatic rings. The highest BCUT2D eigenvalue weighted by molar-refractivity contribution is 5.78. The van der Waals surface area contributed by atoms with Crippen LogP contribution in [0.1, 0.15) is 32.1 Å². The van der Waals surface area contributed by atoms with E-state index in [0.29, 0.717) is 12.0 Å². The van der Waals surface area contributed by atoms with E-state index in [1.165, 1.54) is 25.7 Å². The van der Waals surface area contributed by atoms with Gasteiger partial charge < -0.3 is 9.64 Å². The van der Waals surface area contributed by atoms with E-state index in [-0.39, 0.29) is 18.7 Å². The van der Waals surface area contributed by atoms with Crippen molar-refractivity contribution >= 4 is 5.91 Å². The standard InChI is InChI=1S/C18H25N3O2/c22-18(12-23-15-4-2-1-3-5-15)21(17-8-9-19-20-17)16-11-13-6-7-14(16)10-13/h1-5,13-14,16-17,19-20H,6-12H2. The van der Waals surface area contributed by atoms with E-state index in [2.05, 4.69) is 15.8 Å². The zero-order valence-electron chi connectivity index (χ0n) is 13.4. The molecule has 5 nitrogen and oxygen atoms in total. The summed E-state index contributed by atoms with van der Waals surface area (Å²) >= 11 is 0. The molecular formula is C18H25N3O2. The molecule has 4 rings (SSSR count). The Bertz CT molecular complexity index is 544. The topological polar surface area (TPSA) is 53.6 Å². The van der Waals surface area contributed by atoms with Crippen molar-refractivity contribution in [1.82, 2.24) is 15.8 Å². The third kappa shape index (κ3) is 3.08. The van der Waals surface area contributed by atoms with E-state index >= 15 is 0 Å². The minimum absolute atomic E-state index is 0.103. The van der Waals surface area contributed by atoms with Crippen LogP contribution in [0, 0.1) is 11.8 Å². The van der Waals surface area contributed by atoms with E-state index in [0.717, 1.165) is 24.6 Å². The predicted molar refractivity (Wildman–Crippen MR) is 87.6 cm³/mol. The van der Waals surface area contributed by atoms with E-state index in [1.54, 1.807) is 0 Å². The molecule has 5 heteroatoms. The van der Waals surface area contributed by atoms with Crippen LogP contribution < -0.4 is 15.6 Å². The molecule has 1 amide bonds. The molecule has 1 saturated heterocycles. The molecule has 1 aromatic carbocycles. The first-order valence-electron chi connectivity index (χ1n) is 8.78. The van der Waals surface area contributed by atoms with Crippen LogP contribution in [0.4, 0.5) is 0 Å². The van der Waals surface area contributed by atoms with Crippen LogP contribution in [0.15, 0.2) is 30.3 Å². The van der Waals surface area contributed by atoms with Crippen molar-refractivity contribution < 1.29 is 9.53 Å². The molecule has 2 N–H and O–H groups in total. The van der Waals surface area contributed by atoms with Gasteiger partial charge in [0.05, 0.1) is 6.17 Å². The second-order valence-corrected chi connectivity index (χ2v) is 7.02. The largest absolute Gasteiger partial charge is 0.484 e. The maximum Gasteiger partial charge on any atom is 0.262 e. The van der Waals surface area contributed by atoms with Crippen LogP contribution in [0.25, 0.3) is 0 Å². The lowest BCUT2D eigenvalue weighted by Crippen LogP contribution is -2.55. The third-order valence-corrected chi connectivity index (χ3v) is 5.60. The molecule has 0 radical (unpaired) electrons. The summed E-state index contributed by atoms with van der Waals surface area (Å²) in [5.74, 6) is 2.37. The highest BCUT2D eigenvalue weighted by Crippen LogP contribution is 2.47. The van der Waals surface area contributed by atoms with Gasteiger partial charge in [0.25, 0.3) is 5.91 Å². The zero-order chi connectivity index (χ0) is 15.6. The van der Waals surface area contributed by atoms with Gasteiger partial charge in [0.1, 0.15) is 5.75 Å². The van der Waals surface area contributed by atoms with Gasteiger partial charge in [-0.15, -0.1) is 0 Å². The van der Waals surface area contributed by atoms with Gasteiger partial charge in [0.15, 0.2) is 6.61 Å². The third-order valence-electron chi connectivity index (χ3n) is 5.60. The van der Waals surface area contributed by atoms with Gasteiger partial charge in [0, 0.05) is 12.6 Å². The summed E-state index contributed by atoms with van der Waals surface area (Å²) in [7, 11) is 0. The minimum atomic E-state index is 0.103. The van der Waals surface area contributed by atoms with Gasteiger partial charge in [0.2, 0.25) is 0 Å². The average Bonchev–Trinajstić information content (AvgIpc) is 3.32. The molecule has 0 aromatic heterocycles. The highest BCUT2D eigenvalue weighted by Gasteiger charge is 2.46. The molecule has 3 fully saturated rings. The fraction of sp³-hybridized carbons (Fsp3) is 0.611. The molecule has 23 heavy (non-hydrogen) atoms. The maximum atomic E-state index is 12.9. The maximum absolute atomic E-state index is 12.9. The molecule has 1 aliphatic heterocycles. The zero-order valence-corrected chi connectivity index (χ0v) is 13.4. The molecule has 1 aromatic rings. The van der Waals surface area contributed by atoms with Crippen molar-refractivity contribution in [3.63, 3.8) is 0 Å². The number of amides is 1. The number of nitrogens with one attached hydrogen (secondary N) is 2. The monoisotopic (exact) mass is 315 g/mol. The lowest BCUT2D eigenvalue weighted by molar-refractivity contribution is -0.140. The van der Waals surface area contributed by atoms with Gasteiger partial charge in [-0.25, -0.2) is 5.43 Å². The van der Waals surface area contributed by atoms with E-state index in [1.807, 2.05) is 30.3 Å². The Labute approximate surface area is 137 Å². The molecule has 1 heterocycles. The van der Waals surface area contributed by atoms with Crippen molar-refractivity contribution in [2.45, 2.75) is 44.3 Å². The summed E-state index contributed by atoms with van der Waals surface area (Å²) in [6.45, 7) is 1.03. The first-order chi connectivity index (χ1) is 11.3. The Morgan fingerprint density at radius 1 is 1.17 bits per heavy atom. The number of hydrazine groups is 1. The van der Waals surface area contributed by atoms with Crippen molar-refractivity contribution in [3.8, 4) is 5.75 Å². The fourth-order valence-electron chi connectivity index (χ4n) is 4.56. The SMILES string of the molecule is O=C(COc1ccccc1)N(C1CCNN1)C1CC2CCC1C2. The summed E-state index contributed by atoms with van der Waals surface area (Å²) in [6.07, 6.45) is 6.16. The Balaban J connectivity index is 1.45. The van der Waals surface area contributed by atoms with Gasteiger partial charge >= 0.3 is 0 Å². The van der Waals surface area contributed by atoms with Crippen molar-refractivity contribution in [3.05, 3.63) is 30.3 Å². The van der Waals surface area contributed by atoms with Crippen LogP contribution in [-0.4, -0.2) is 36.2 Å². The first-order valence-corrected chi connectivity index (χ1v) is 8.78. The quantitative estimate of drug-likeness (QED) is 0.871. The van der Waals surface area contributed by atoms with E-state index in [9.17, 15) is 4.79 Å². The summed E-state index contributed by atoms with van der Waals surface area (Å²) in [5.41, 5.74) is 6.44. The van der Waals surface area contributed by atoms with Crippen molar-refractivity contribution in [1.29, 1.82) is 0 Å². The second kappa shape index (κ2) is 6.49. The average molecular weight is 315 g/mol. The highest BCUT2D eigenvalue weighted by atomic mass is 16.5. The van der Waals surface area contributed by atoms with Gasteiger partial charge in [-0.3, -0.25) is 10.2 Å². The number of carbonyl (C=O) groups excluding carboxylic acids is 1. The number of benzene rings is 1. The van der Waals surface area contributed by atoms with E-state index < -0.39 is 0 Å². The van der Waals surface area contributed by atoms with Crippen LogP contribution in [-0.2, 0) is 4.79 Å².